The van der Waals surface area contributed by atoms with Crippen molar-refractivity contribution >= 4 is 29.5 Å². The van der Waals surface area contributed by atoms with Crippen LogP contribution in [-0.4, -0.2) is 18.1 Å². The molecule has 5 nitrogen and oxygen atoms in total. The summed E-state index contributed by atoms with van der Waals surface area (Å²) >= 11 is 0. The van der Waals surface area contributed by atoms with Crippen molar-refractivity contribution in [3.8, 4) is 0 Å². The molecule has 26 heavy (non-hydrogen) atoms. The Balaban J connectivity index is 1.98. The molecule has 0 aliphatic heterocycles. The van der Waals surface area contributed by atoms with Crippen LogP contribution in [0.1, 0.15) is 25.0 Å². The second kappa shape index (κ2) is 9.32. The number of hydrogen-bond acceptors (Lipinski definition) is 3. The molecule has 0 aliphatic carbocycles. The van der Waals surface area contributed by atoms with Crippen molar-refractivity contribution in [2.24, 2.45) is 0 Å². The third kappa shape index (κ3) is 6.36. The Kier molecular flexibility index (Phi) is 6.85. The molecule has 2 N–H and O–H groups in total. The zero-order valence-electron chi connectivity index (χ0n) is 14.9. The highest BCUT2D eigenvalue weighted by Crippen LogP contribution is 2.14. The van der Waals surface area contributed by atoms with Crippen molar-refractivity contribution in [1.82, 2.24) is 0 Å². The Bertz CT molecular complexity index is 806. The first-order chi connectivity index (χ1) is 12.5. The molecule has 0 saturated carbocycles. The minimum absolute atomic E-state index is 0.106. The van der Waals surface area contributed by atoms with Crippen LogP contribution in [0.25, 0.3) is 0 Å². The molecule has 2 aromatic carbocycles. The molecule has 0 spiro atoms. The van der Waals surface area contributed by atoms with E-state index in [1.165, 1.54) is 13.8 Å². The Labute approximate surface area is 153 Å². The number of nitrogens with one attached hydrogen (secondary N) is 2. The van der Waals surface area contributed by atoms with Crippen molar-refractivity contribution < 1.29 is 14.4 Å². The van der Waals surface area contributed by atoms with Crippen molar-refractivity contribution in [3.05, 3.63) is 71.3 Å². The number of aldehydes is 1. The van der Waals surface area contributed by atoms with Crippen molar-refractivity contribution in [3.63, 3.8) is 0 Å². The minimum atomic E-state index is -0.115. The first kappa shape index (κ1) is 19.1. The van der Waals surface area contributed by atoms with Crippen LogP contribution < -0.4 is 10.6 Å². The summed E-state index contributed by atoms with van der Waals surface area (Å²) in [5.41, 5.74) is 4.23. The molecule has 0 aliphatic rings. The van der Waals surface area contributed by atoms with Gasteiger partial charge in [0.1, 0.15) is 6.29 Å². The van der Waals surface area contributed by atoms with Gasteiger partial charge in [-0.25, -0.2) is 0 Å². The number of carbonyl (C=O) groups excluding carboxylic acids is 3. The van der Waals surface area contributed by atoms with E-state index in [0.29, 0.717) is 18.4 Å². The maximum Gasteiger partial charge on any atom is 0.221 e. The highest BCUT2D eigenvalue weighted by Gasteiger charge is 2.02. The Morgan fingerprint density at radius 1 is 0.808 bits per heavy atom. The Hall–Kier alpha value is -3.21. The van der Waals surface area contributed by atoms with Gasteiger partial charge in [0.25, 0.3) is 0 Å². The summed E-state index contributed by atoms with van der Waals surface area (Å²) in [6.07, 6.45) is 3.95. The Morgan fingerprint density at radius 3 is 1.69 bits per heavy atom. The van der Waals surface area contributed by atoms with Crippen LogP contribution >= 0.6 is 0 Å². The van der Waals surface area contributed by atoms with Crippen LogP contribution in [0.5, 0.6) is 0 Å². The van der Waals surface area contributed by atoms with E-state index < -0.39 is 0 Å². The average Bonchev–Trinajstić information content (AvgIpc) is 2.60. The lowest BCUT2D eigenvalue weighted by Gasteiger charge is -2.06. The van der Waals surface area contributed by atoms with Gasteiger partial charge in [-0.05, 0) is 47.4 Å². The molecule has 0 atom stereocenters. The van der Waals surface area contributed by atoms with Gasteiger partial charge in [-0.1, -0.05) is 30.3 Å². The SMILES string of the molecule is CC(=O)Nc1ccc(C/C=C(\C=O)Cc2ccc(NC(C)=O)cc2)cc1. The third-order valence-corrected chi connectivity index (χ3v) is 3.71. The van der Waals surface area contributed by atoms with Crippen LogP contribution in [0.4, 0.5) is 11.4 Å². The molecule has 0 fully saturated rings. The van der Waals surface area contributed by atoms with E-state index in [9.17, 15) is 14.4 Å². The van der Waals surface area contributed by atoms with Gasteiger partial charge in [0.05, 0.1) is 0 Å². The number of amides is 2. The minimum Gasteiger partial charge on any atom is -0.326 e. The molecular formula is C21H22N2O3. The van der Waals surface area contributed by atoms with E-state index >= 15 is 0 Å². The summed E-state index contributed by atoms with van der Waals surface area (Å²) < 4.78 is 0. The van der Waals surface area contributed by atoms with Crippen LogP contribution in [0.3, 0.4) is 0 Å². The molecule has 0 radical (unpaired) electrons. The molecule has 0 heterocycles. The molecule has 0 saturated heterocycles. The molecule has 5 heteroatoms. The Morgan fingerprint density at radius 2 is 1.27 bits per heavy atom. The monoisotopic (exact) mass is 350 g/mol. The summed E-state index contributed by atoms with van der Waals surface area (Å²) in [4.78, 5) is 33.4. The summed E-state index contributed by atoms with van der Waals surface area (Å²) in [6, 6.07) is 15.0. The average molecular weight is 350 g/mol. The number of anilines is 2. The summed E-state index contributed by atoms with van der Waals surface area (Å²) in [5.74, 6) is -0.221. The van der Waals surface area contributed by atoms with Gasteiger partial charge in [-0.2, -0.15) is 0 Å². The van der Waals surface area contributed by atoms with Gasteiger partial charge in [0, 0.05) is 31.6 Å². The summed E-state index contributed by atoms with van der Waals surface area (Å²) in [7, 11) is 0. The zero-order valence-corrected chi connectivity index (χ0v) is 14.9. The highest BCUT2D eigenvalue weighted by atomic mass is 16.2. The molecule has 2 amide bonds. The fourth-order valence-corrected chi connectivity index (χ4v) is 2.48. The molecular weight excluding hydrogens is 328 g/mol. The quantitative estimate of drug-likeness (QED) is 0.593. The molecule has 0 aromatic heterocycles. The van der Waals surface area contributed by atoms with Crippen molar-refractivity contribution in [2.75, 3.05) is 10.6 Å². The molecule has 0 bridgehead atoms. The lowest BCUT2D eigenvalue weighted by atomic mass is 10.0. The number of hydrogen-bond donors (Lipinski definition) is 2. The standard InChI is InChI=1S/C21H22N2O3/c1-15(25)22-20-9-5-17(6-10-20)3-4-19(14-24)13-18-7-11-21(12-8-18)23-16(2)26/h4-12,14H,3,13H2,1-2H3,(H,22,25)(H,23,26)/b19-4-. The first-order valence-electron chi connectivity index (χ1n) is 8.33. The highest BCUT2D eigenvalue weighted by molar-refractivity contribution is 5.89. The van der Waals surface area contributed by atoms with E-state index in [0.717, 1.165) is 28.8 Å². The second-order valence-corrected chi connectivity index (χ2v) is 6.03. The van der Waals surface area contributed by atoms with E-state index in [2.05, 4.69) is 10.6 Å². The lowest BCUT2D eigenvalue weighted by molar-refractivity contribution is -0.115. The number of carbonyl (C=O) groups is 3. The van der Waals surface area contributed by atoms with Crippen LogP contribution in [-0.2, 0) is 27.2 Å². The fraction of sp³-hybridized carbons (Fsp3) is 0.190. The van der Waals surface area contributed by atoms with Crippen molar-refractivity contribution in [2.45, 2.75) is 26.7 Å². The normalized spacial score (nSPS) is 10.9. The maximum atomic E-state index is 11.3. The molecule has 134 valence electrons. The number of rotatable bonds is 7. The first-order valence-corrected chi connectivity index (χ1v) is 8.33. The third-order valence-electron chi connectivity index (χ3n) is 3.71. The fourth-order valence-electron chi connectivity index (χ4n) is 2.48. The number of benzene rings is 2. The van der Waals surface area contributed by atoms with E-state index in [-0.39, 0.29) is 11.8 Å². The van der Waals surface area contributed by atoms with Gasteiger partial charge in [0.2, 0.25) is 11.8 Å². The van der Waals surface area contributed by atoms with Gasteiger partial charge in [0.15, 0.2) is 0 Å². The largest absolute Gasteiger partial charge is 0.326 e. The van der Waals surface area contributed by atoms with E-state index in [1.54, 1.807) is 0 Å². The predicted octanol–water partition coefficient (Wildman–Crippen LogP) is 3.51. The molecule has 0 unspecified atom stereocenters. The zero-order chi connectivity index (χ0) is 18.9. The molecule has 2 aromatic rings. The van der Waals surface area contributed by atoms with Gasteiger partial charge >= 0.3 is 0 Å². The van der Waals surface area contributed by atoms with Crippen LogP contribution in [0.2, 0.25) is 0 Å². The van der Waals surface area contributed by atoms with E-state index in [4.69, 9.17) is 0 Å². The predicted molar refractivity (Wildman–Crippen MR) is 103 cm³/mol. The van der Waals surface area contributed by atoms with Gasteiger partial charge in [-0.3, -0.25) is 14.4 Å². The van der Waals surface area contributed by atoms with Crippen LogP contribution in [0, 0.1) is 0 Å². The van der Waals surface area contributed by atoms with Crippen molar-refractivity contribution in [1.29, 1.82) is 0 Å². The number of allylic oxidation sites excluding steroid dienone is 2. The smallest absolute Gasteiger partial charge is 0.221 e. The summed E-state index contributed by atoms with van der Waals surface area (Å²) in [5, 5.41) is 5.43. The van der Waals surface area contributed by atoms with Gasteiger partial charge in [-0.15, -0.1) is 0 Å². The second-order valence-electron chi connectivity index (χ2n) is 6.03. The maximum absolute atomic E-state index is 11.3. The molecule has 2 rings (SSSR count). The van der Waals surface area contributed by atoms with Gasteiger partial charge < -0.3 is 10.6 Å². The lowest BCUT2D eigenvalue weighted by Crippen LogP contribution is -2.05. The van der Waals surface area contributed by atoms with Crippen LogP contribution in [0.15, 0.2) is 60.2 Å². The summed E-state index contributed by atoms with van der Waals surface area (Å²) in [6.45, 7) is 2.93. The van der Waals surface area contributed by atoms with E-state index in [1.807, 2.05) is 54.6 Å². The topological polar surface area (TPSA) is 75.3 Å².